The van der Waals surface area contributed by atoms with Crippen molar-refractivity contribution in [1.29, 1.82) is 0 Å². The van der Waals surface area contributed by atoms with E-state index in [1.807, 2.05) is 31.2 Å². The van der Waals surface area contributed by atoms with Gasteiger partial charge in [-0.25, -0.2) is 4.98 Å². The molecule has 0 saturated carbocycles. The van der Waals surface area contributed by atoms with Crippen molar-refractivity contribution in [2.75, 3.05) is 6.61 Å². The summed E-state index contributed by atoms with van der Waals surface area (Å²) in [5.41, 5.74) is 0.722. The van der Waals surface area contributed by atoms with Crippen molar-refractivity contribution >= 4 is 0 Å². The van der Waals surface area contributed by atoms with Gasteiger partial charge in [0.1, 0.15) is 17.7 Å². The van der Waals surface area contributed by atoms with E-state index in [2.05, 4.69) is 9.97 Å². The molecule has 0 saturated heterocycles. The predicted molar refractivity (Wildman–Crippen MR) is 60.3 cm³/mol. The first-order valence-corrected chi connectivity index (χ1v) is 5.22. The van der Waals surface area contributed by atoms with Crippen molar-refractivity contribution in [3.8, 4) is 5.75 Å². The Bertz CT molecular complexity index is 440. The number of imidazole rings is 1. The second-order valence-corrected chi connectivity index (χ2v) is 3.35. The molecule has 0 aliphatic heterocycles. The summed E-state index contributed by atoms with van der Waals surface area (Å²) in [5, 5.41) is 10.1. The van der Waals surface area contributed by atoms with Crippen LogP contribution in [0.3, 0.4) is 0 Å². The van der Waals surface area contributed by atoms with Gasteiger partial charge in [-0.1, -0.05) is 18.2 Å². The molecule has 4 heteroatoms. The number of nitrogens with zero attached hydrogens (tertiary/aromatic N) is 1. The van der Waals surface area contributed by atoms with E-state index in [4.69, 9.17) is 4.74 Å². The molecule has 1 heterocycles. The van der Waals surface area contributed by atoms with Gasteiger partial charge in [0.25, 0.3) is 0 Å². The molecule has 2 rings (SSSR count). The maximum Gasteiger partial charge on any atom is 0.140 e. The highest BCUT2D eigenvalue weighted by molar-refractivity contribution is 5.37. The van der Waals surface area contributed by atoms with E-state index in [1.165, 1.54) is 0 Å². The van der Waals surface area contributed by atoms with Crippen LogP contribution in [0.25, 0.3) is 0 Å². The first-order valence-electron chi connectivity index (χ1n) is 5.22. The minimum absolute atomic E-state index is 0.521. The molecule has 0 amide bonds. The number of ether oxygens (including phenoxy) is 1. The largest absolute Gasteiger partial charge is 0.493 e. The highest BCUT2D eigenvalue weighted by atomic mass is 16.5. The highest BCUT2D eigenvalue weighted by Crippen LogP contribution is 2.27. The molecule has 1 aromatic heterocycles. The summed E-state index contributed by atoms with van der Waals surface area (Å²) in [4.78, 5) is 6.92. The normalized spacial score (nSPS) is 12.4. The van der Waals surface area contributed by atoms with Crippen molar-refractivity contribution < 1.29 is 9.84 Å². The number of aromatic nitrogens is 2. The number of nitrogens with one attached hydrogen (secondary N) is 1. The van der Waals surface area contributed by atoms with Crippen molar-refractivity contribution in [2.45, 2.75) is 13.0 Å². The van der Waals surface area contributed by atoms with E-state index in [-0.39, 0.29) is 0 Å². The molecular weight excluding hydrogens is 204 g/mol. The molecule has 1 atom stereocenters. The number of hydrogen-bond acceptors (Lipinski definition) is 3. The first-order chi connectivity index (χ1) is 7.83. The molecule has 4 nitrogen and oxygen atoms in total. The molecule has 84 valence electrons. The molecule has 0 radical (unpaired) electrons. The van der Waals surface area contributed by atoms with Gasteiger partial charge in [0.15, 0.2) is 0 Å². The van der Waals surface area contributed by atoms with Crippen molar-refractivity contribution in [2.24, 2.45) is 0 Å². The number of aliphatic hydroxyl groups excluding tert-OH is 1. The third-order valence-corrected chi connectivity index (χ3v) is 2.29. The van der Waals surface area contributed by atoms with Crippen LogP contribution in [-0.4, -0.2) is 21.7 Å². The van der Waals surface area contributed by atoms with E-state index in [0.717, 1.165) is 5.56 Å². The topological polar surface area (TPSA) is 58.1 Å². The van der Waals surface area contributed by atoms with Crippen LogP contribution in [0, 0.1) is 0 Å². The smallest absolute Gasteiger partial charge is 0.140 e. The van der Waals surface area contributed by atoms with Gasteiger partial charge in [-0.2, -0.15) is 0 Å². The number of aliphatic hydroxyl groups is 1. The zero-order valence-electron chi connectivity index (χ0n) is 9.05. The van der Waals surface area contributed by atoms with Crippen molar-refractivity contribution in [3.63, 3.8) is 0 Å². The SMILES string of the molecule is CCOc1ccccc1C(O)c1ncc[nH]1. The van der Waals surface area contributed by atoms with E-state index in [1.54, 1.807) is 12.4 Å². The lowest BCUT2D eigenvalue weighted by molar-refractivity contribution is 0.203. The summed E-state index contributed by atoms with van der Waals surface area (Å²) < 4.78 is 5.45. The Morgan fingerprint density at radius 2 is 2.25 bits per heavy atom. The van der Waals surface area contributed by atoms with Gasteiger partial charge in [-0.15, -0.1) is 0 Å². The monoisotopic (exact) mass is 218 g/mol. The third-order valence-electron chi connectivity index (χ3n) is 2.29. The molecule has 0 aliphatic rings. The zero-order chi connectivity index (χ0) is 11.4. The maximum atomic E-state index is 10.1. The van der Waals surface area contributed by atoms with Crippen LogP contribution in [-0.2, 0) is 0 Å². The molecule has 0 spiro atoms. The fraction of sp³-hybridized carbons (Fsp3) is 0.250. The second-order valence-electron chi connectivity index (χ2n) is 3.35. The number of benzene rings is 1. The van der Waals surface area contributed by atoms with Gasteiger partial charge in [0.05, 0.1) is 6.61 Å². The lowest BCUT2D eigenvalue weighted by Gasteiger charge is -2.13. The summed E-state index contributed by atoms with van der Waals surface area (Å²) in [6.45, 7) is 2.48. The van der Waals surface area contributed by atoms with Gasteiger partial charge in [0, 0.05) is 18.0 Å². The Labute approximate surface area is 93.9 Å². The molecule has 2 N–H and O–H groups in total. The first kappa shape index (κ1) is 10.7. The standard InChI is InChI=1S/C12H14N2O2/c1-2-16-10-6-4-3-5-9(10)11(15)12-13-7-8-14-12/h3-8,11,15H,2H2,1H3,(H,13,14). The van der Waals surface area contributed by atoms with Crippen LogP contribution in [0.4, 0.5) is 0 Å². The van der Waals surface area contributed by atoms with Crippen LogP contribution >= 0.6 is 0 Å². The fourth-order valence-corrected chi connectivity index (χ4v) is 1.57. The van der Waals surface area contributed by atoms with Crippen LogP contribution < -0.4 is 4.74 Å². The van der Waals surface area contributed by atoms with Gasteiger partial charge in [-0.05, 0) is 13.0 Å². The fourth-order valence-electron chi connectivity index (χ4n) is 1.57. The van der Waals surface area contributed by atoms with E-state index in [9.17, 15) is 5.11 Å². The molecular formula is C12H14N2O2. The van der Waals surface area contributed by atoms with Crippen molar-refractivity contribution in [1.82, 2.24) is 9.97 Å². The number of H-pyrrole nitrogens is 1. The molecule has 1 aromatic carbocycles. The lowest BCUT2D eigenvalue weighted by atomic mass is 10.1. The van der Waals surface area contributed by atoms with Gasteiger partial charge in [0.2, 0.25) is 0 Å². The molecule has 16 heavy (non-hydrogen) atoms. The zero-order valence-corrected chi connectivity index (χ0v) is 9.05. The summed E-state index contributed by atoms with van der Waals surface area (Å²) in [7, 11) is 0. The average Bonchev–Trinajstić information content (AvgIpc) is 2.83. The predicted octanol–water partition coefficient (Wildman–Crippen LogP) is 1.89. The molecule has 0 bridgehead atoms. The Balaban J connectivity index is 2.32. The molecule has 2 aromatic rings. The Morgan fingerprint density at radius 3 is 2.94 bits per heavy atom. The average molecular weight is 218 g/mol. The minimum atomic E-state index is -0.780. The van der Waals surface area contributed by atoms with Crippen LogP contribution in [0.1, 0.15) is 24.4 Å². The van der Waals surface area contributed by atoms with Gasteiger partial charge >= 0.3 is 0 Å². The summed E-state index contributed by atoms with van der Waals surface area (Å²) in [6.07, 6.45) is 2.52. The molecule has 1 unspecified atom stereocenters. The summed E-state index contributed by atoms with van der Waals surface area (Å²) >= 11 is 0. The summed E-state index contributed by atoms with van der Waals surface area (Å²) in [6, 6.07) is 7.41. The Kier molecular flexibility index (Phi) is 3.22. The van der Waals surface area contributed by atoms with E-state index in [0.29, 0.717) is 18.2 Å². The van der Waals surface area contributed by atoms with E-state index < -0.39 is 6.10 Å². The highest BCUT2D eigenvalue weighted by Gasteiger charge is 2.16. The number of para-hydroxylation sites is 1. The van der Waals surface area contributed by atoms with Crippen LogP contribution in [0.5, 0.6) is 5.75 Å². The van der Waals surface area contributed by atoms with Gasteiger partial charge in [-0.3, -0.25) is 0 Å². The Hall–Kier alpha value is -1.81. The number of aromatic amines is 1. The van der Waals surface area contributed by atoms with Crippen LogP contribution in [0.2, 0.25) is 0 Å². The summed E-state index contributed by atoms with van der Waals surface area (Å²) in [5.74, 6) is 1.21. The van der Waals surface area contributed by atoms with Crippen LogP contribution in [0.15, 0.2) is 36.7 Å². The second kappa shape index (κ2) is 4.81. The third kappa shape index (κ3) is 2.06. The quantitative estimate of drug-likeness (QED) is 0.823. The molecule has 0 aliphatic carbocycles. The molecule has 0 fully saturated rings. The Morgan fingerprint density at radius 1 is 1.44 bits per heavy atom. The minimum Gasteiger partial charge on any atom is -0.493 e. The van der Waals surface area contributed by atoms with Gasteiger partial charge < -0.3 is 14.8 Å². The lowest BCUT2D eigenvalue weighted by Crippen LogP contribution is -2.05. The number of hydrogen-bond donors (Lipinski definition) is 2. The van der Waals surface area contributed by atoms with E-state index >= 15 is 0 Å². The number of rotatable bonds is 4. The van der Waals surface area contributed by atoms with Crippen molar-refractivity contribution in [3.05, 3.63) is 48.0 Å². The maximum absolute atomic E-state index is 10.1.